The minimum absolute atomic E-state index is 0.144. The summed E-state index contributed by atoms with van der Waals surface area (Å²) in [6, 6.07) is 7.72. The van der Waals surface area contributed by atoms with E-state index in [0.717, 1.165) is 0 Å². The predicted molar refractivity (Wildman–Crippen MR) is 52.4 cm³/mol. The molecule has 0 fully saturated rings. The summed E-state index contributed by atoms with van der Waals surface area (Å²) < 4.78 is 0.144. The molecule has 0 unspecified atom stereocenters. The van der Waals surface area contributed by atoms with E-state index in [1.807, 2.05) is 0 Å². The first kappa shape index (κ1) is 9.26. The van der Waals surface area contributed by atoms with Crippen LogP contribution in [0.4, 0.5) is 0 Å². The van der Waals surface area contributed by atoms with Gasteiger partial charge in [-0.2, -0.15) is 0 Å². The molecule has 2 rings (SSSR count). The first-order valence-electron chi connectivity index (χ1n) is 4.18. The molecule has 0 atom stereocenters. The largest absolute Gasteiger partial charge is 0.476 e. The SMILES string of the molecule is O=C(O)c1cc2ccccc2c(=O)n1O. The first-order valence-corrected chi connectivity index (χ1v) is 4.18. The van der Waals surface area contributed by atoms with Gasteiger partial charge in [-0.05, 0) is 17.5 Å². The number of hydrogen-bond acceptors (Lipinski definition) is 3. The molecular weight excluding hydrogens is 198 g/mol. The molecule has 2 aromatic rings. The highest BCUT2D eigenvalue weighted by Crippen LogP contribution is 2.10. The third-order valence-electron chi connectivity index (χ3n) is 2.12. The quantitative estimate of drug-likeness (QED) is 0.679. The number of fused-ring (bicyclic) bond motifs is 1. The molecule has 0 amide bonds. The Morgan fingerprint density at radius 2 is 1.93 bits per heavy atom. The summed E-state index contributed by atoms with van der Waals surface area (Å²) in [4.78, 5) is 22.2. The molecule has 0 spiro atoms. The lowest BCUT2D eigenvalue weighted by Gasteiger charge is -2.03. The molecule has 1 aromatic heterocycles. The molecule has 15 heavy (non-hydrogen) atoms. The molecule has 0 saturated carbocycles. The van der Waals surface area contributed by atoms with Crippen LogP contribution in [0.25, 0.3) is 10.8 Å². The van der Waals surface area contributed by atoms with Gasteiger partial charge in [0.05, 0.1) is 5.39 Å². The van der Waals surface area contributed by atoms with Gasteiger partial charge in [0.25, 0.3) is 5.56 Å². The molecule has 0 aliphatic heterocycles. The Balaban J connectivity index is 2.95. The van der Waals surface area contributed by atoms with Crippen LogP contribution in [0.1, 0.15) is 10.5 Å². The van der Waals surface area contributed by atoms with Gasteiger partial charge >= 0.3 is 5.97 Å². The van der Waals surface area contributed by atoms with Crippen LogP contribution in [0, 0.1) is 0 Å². The van der Waals surface area contributed by atoms with E-state index in [1.165, 1.54) is 12.1 Å². The molecule has 76 valence electrons. The van der Waals surface area contributed by atoms with Gasteiger partial charge in [-0.1, -0.05) is 18.2 Å². The number of hydrogen-bond donors (Lipinski definition) is 2. The summed E-state index contributed by atoms with van der Waals surface area (Å²) in [7, 11) is 0. The van der Waals surface area contributed by atoms with Crippen molar-refractivity contribution in [1.82, 2.24) is 4.73 Å². The van der Waals surface area contributed by atoms with Crippen molar-refractivity contribution in [2.45, 2.75) is 0 Å². The number of carbonyl (C=O) groups is 1. The summed E-state index contributed by atoms with van der Waals surface area (Å²) in [5, 5.41) is 18.8. The summed E-state index contributed by atoms with van der Waals surface area (Å²) in [5.74, 6) is -1.35. The van der Waals surface area contributed by atoms with Crippen molar-refractivity contribution in [3.05, 3.63) is 46.4 Å². The van der Waals surface area contributed by atoms with Crippen LogP contribution in [0.15, 0.2) is 35.1 Å². The summed E-state index contributed by atoms with van der Waals surface area (Å²) >= 11 is 0. The molecule has 5 heteroatoms. The molecule has 1 aromatic carbocycles. The molecule has 1 heterocycles. The van der Waals surface area contributed by atoms with Gasteiger partial charge in [0.15, 0.2) is 5.69 Å². The van der Waals surface area contributed by atoms with Gasteiger partial charge in [-0.15, -0.1) is 4.73 Å². The number of rotatable bonds is 1. The molecule has 0 radical (unpaired) electrons. The van der Waals surface area contributed by atoms with Crippen LogP contribution in [-0.2, 0) is 0 Å². The van der Waals surface area contributed by atoms with Crippen LogP contribution in [-0.4, -0.2) is 21.0 Å². The van der Waals surface area contributed by atoms with E-state index in [0.29, 0.717) is 5.39 Å². The highest BCUT2D eigenvalue weighted by molar-refractivity contribution is 5.92. The smallest absolute Gasteiger partial charge is 0.356 e. The zero-order valence-corrected chi connectivity index (χ0v) is 7.54. The molecular formula is C10H7NO4. The number of benzene rings is 1. The number of nitrogens with zero attached hydrogens (tertiary/aromatic N) is 1. The van der Waals surface area contributed by atoms with Crippen molar-refractivity contribution in [1.29, 1.82) is 0 Å². The standard InChI is InChI=1S/C10H7NO4/c12-9-7-4-2-1-3-6(7)5-8(10(13)14)11(9)15/h1-5,15H,(H,13,14). The Morgan fingerprint density at radius 1 is 1.27 bits per heavy atom. The number of pyridine rings is 1. The maximum atomic E-state index is 11.5. The Bertz CT molecular complexity index is 600. The van der Waals surface area contributed by atoms with Crippen molar-refractivity contribution in [2.75, 3.05) is 0 Å². The van der Waals surface area contributed by atoms with Crippen molar-refractivity contribution in [3.8, 4) is 0 Å². The zero-order chi connectivity index (χ0) is 11.0. The summed E-state index contributed by atoms with van der Waals surface area (Å²) in [6.07, 6.45) is 0. The molecule has 0 aliphatic carbocycles. The average Bonchev–Trinajstić information content (AvgIpc) is 2.23. The molecule has 5 nitrogen and oxygen atoms in total. The number of aromatic carboxylic acids is 1. The Morgan fingerprint density at radius 3 is 2.60 bits per heavy atom. The van der Waals surface area contributed by atoms with Gasteiger partial charge in [0.2, 0.25) is 0 Å². The lowest BCUT2D eigenvalue weighted by molar-refractivity contribution is 0.0636. The fraction of sp³-hybridized carbons (Fsp3) is 0. The van der Waals surface area contributed by atoms with E-state index in [9.17, 15) is 14.8 Å². The van der Waals surface area contributed by atoms with E-state index in [1.54, 1.807) is 18.2 Å². The van der Waals surface area contributed by atoms with Gasteiger partial charge in [0, 0.05) is 0 Å². The van der Waals surface area contributed by atoms with Gasteiger partial charge < -0.3 is 10.3 Å². The molecule has 0 aliphatic rings. The zero-order valence-electron chi connectivity index (χ0n) is 7.54. The van der Waals surface area contributed by atoms with Gasteiger partial charge in [0.1, 0.15) is 0 Å². The summed E-state index contributed by atoms with van der Waals surface area (Å²) in [6.45, 7) is 0. The fourth-order valence-electron chi connectivity index (χ4n) is 1.40. The van der Waals surface area contributed by atoms with Crippen LogP contribution >= 0.6 is 0 Å². The van der Waals surface area contributed by atoms with Crippen LogP contribution in [0.5, 0.6) is 0 Å². The second-order valence-electron chi connectivity index (χ2n) is 3.04. The van der Waals surface area contributed by atoms with E-state index in [2.05, 4.69) is 0 Å². The summed E-state index contributed by atoms with van der Waals surface area (Å²) in [5.41, 5.74) is -1.18. The van der Waals surface area contributed by atoms with E-state index >= 15 is 0 Å². The average molecular weight is 205 g/mol. The maximum Gasteiger partial charge on any atom is 0.356 e. The Hall–Kier alpha value is -2.30. The molecule has 0 saturated heterocycles. The topological polar surface area (TPSA) is 79.5 Å². The Labute approximate surface area is 83.8 Å². The Kier molecular flexibility index (Phi) is 1.93. The highest BCUT2D eigenvalue weighted by Gasteiger charge is 2.13. The van der Waals surface area contributed by atoms with Crippen molar-refractivity contribution in [2.24, 2.45) is 0 Å². The fourth-order valence-corrected chi connectivity index (χ4v) is 1.40. The van der Waals surface area contributed by atoms with Crippen LogP contribution in [0.3, 0.4) is 0 Å². The van der Waals surface area contributed by atoms with Crippen LogP contribution in [0.2, 0.25) is 0 Å². The van der Waals surface area contributed by atoms with E-state index in [4.69, 9.17) is 5.11 Å². The second-order valence-corrected chi connectivity index (χ2v) is 3.04. The number of aromatic nitrogens is 1. The third kappa shape index (κ3) is 1.34. The molecule has 2 N–H and O–H groups in total. The van der Waals surface area contributed by atoms with E-state index in [-0.39, 0.29) is 10.1 Å². The highest BCUT2D eigenvalue weighted by atomic mass is 16.5. The van der Waals surface area contributed by atoms with Crippen molar-refractivity contribution < 1.29 is 15.1 Å². The first-order chi connectivity index (χ1) is 7.11. The van der Waals surface area contributed by atoms with Crippen LogP contribution < -0.4 is 5.56 Å². The number of carboxylic acids is 1. The maximum absolute atomic E-state index is 11.5. The van der Waals surface area contributed by atoms with Crippen molar-refractivity contribution >= 4 is 16.7 Å². The minimum atomic E-state index is -1.35. The lowest BCUT2D eigenvalue weighted by atomic mass is 10.1. The predicted octanol–water partition coefficient (Wildman–Crippen LogP) is 0.937. The number of carboxylic acid groups (broad SMARTS) is 1. The van der Waals surface area contributed by atoms with E-state index < -0.39 is 17.2 Å². The monoisotopic (exact) mass is 205 g/mol. The van der Waals surface area contributed by atoms with Crippen molar-refractivity contribution in [3.63, 3.8) is 0 Å². The lowest BCUT2D eigenvalue weighted by Crippen LogP contribution is -2.23. The third-order valence-corrected chi connectivity index (χ3v) is 2.12. The molecule has 0 bridgehead atoms. The minimum Gasteiger partial charge on any atom is -0.476 e. The second kappa shape index (κ2) is 3.13. The van der Waals surface area contributed by atoms with Gasteiger partial charge in [-0.25, -0.2) is 4.79 Å². The normalized spacial score (nSPS) is 10.4. The van der Waals surface area contributed by atoms with Gasteiger partial charge in [-0.3, -0.25) is 4.79 Å².